The normalized spacial score (nSPS) is 14.3. The first-order valence-corrected chi connectivity index (χ1v) is 15.6. The van der Waals surface area contributed by atoms with E-state index in [0.717, 1.165) is 19.2 Å². The van der Waals surface area contributed by atoms with Crippen molar-refractivity contribution in [3.8, 4) is 17.6 Å². The molecule has 3 N–H and O–H groups in total. The standard InChI is InChI=1S/C31H27BrIN5O5S/c1-3-41-30(40)27-18(2)36-31(44)37-28(27)22-6-4-5-7-25(22)42-17-26(39)38-35-15-21-12-23(32)29(24(33)13-21)43-16-20-10-8-19(14-34)9-11-20/h4-13,15,28H,3,16-17H2,1-2H3,(H,38,39)(H2,36,37,44)/t28-/m0/s1. The highest BCUT2D eigenvalue weighted by atomic mass is 127. The predicted octanol–water partition coefficient (Wildman–Crippen LogP) is 5.39. The van der Waals surface area contributed by atoms with Crippen LogP contribution in [0.3, 0.4) is 0 Å². The van der Waals surface area contributed by atoms with Crippen molar-refractivity contribution in [2.24, 2.45) is 5.10 Å². The Morgan fingerprint density at radius 3 is 2.64 bits per heavy atom. The van der Waals surface area contributed by atoms with Gasteiger partial charge in [-0.05, 0) is 106 Å². The summed E-state index contributed by atoms with van der Waals surface area (Å²) in [5.41, 5.74) is 6.30. The number of hydrazone groups is 1. The number of allylic oxidation sites excluding steroid dienone is 1. The summed E-state index contributed by atoms with van der Waals surface area (Å²) in [5.74, 6) is 0.117. The zero-order valence-electron chi connectivity index (χ0n) is 23.6. The summed E-state index contributed by atoms with van der Waals surface area (Å²) in [6.45, 7) is 3.73. The fraction of sp³-hybridized carbons (Fsp3) is 0.194. The highest BCUT2D eigenvalue weighted by molar-refractivity contribution is 14.1. The summed E-state index contributed by atoms with van der Waals surface area (Å²) in [4.78, 5) is 25.3. The molecule has 10 nitrogen and oxygen atoms in total. The molecule has 1 atom stereocenters. The number of benzene rings is 3. The molecule has 3 aromatic carbocycles. The molecule has 0 saturated heterocycles. The number of hydrogen-bond donors (Lipinski definition) is 3. The molecular formula is C31H27BrIN5O5S. The summed E-state index contributed by atoms with van der Waals surface area (Å²) in [6, 6.07) is 19.4. The summed E-state index contributed by atoms with van der Waals surface area (Å²) in [5, 5.41) is 19.4. The lowest BCUT2D eigenvalue weighted by Gasteiger charge is -2.30. The Bertz CT molecular complexity index is 1650. The van der Waals surface area contributed by atoms with Crippen molar-refractivity contribution in [3.05, 3.63) is 102 Å². The number of amides is 1. The van der Waals surface area contributed by atoms with E-state index in [1.165, 1.54) is 6.21 Å². The number of carbonyl (C=O) groups excluding carboxylic acids is 2. The third-order valence-electron chi connectivity index (χ3n) is 6.24. The predicted molar refractivity (Wildman–Crippen MR) is 181 cm³/mol. The van der Waals surface area contributed by atoms with E-state index in [1.54, 1.807) is 50.2 Å². The molecule has 0 radical (unpaired) electrons. The van der Waals surface area contributed by atoms with Gasteiger partial charge < -0.3 is 24.8 Å². The Labute approximate surface area is 282 Å². The van der Waals surface area contributed by atoms with Gasteiger partial charge in [0.1, 0.15) is 18.1 Å². The van der Waals surface area contributed by atoms with Gasteiger partial charge in [0.25, 0.3) is 5.91 Å². The van der Waals surface area contributed by atoms with E-state index in [4.69, 9.17) is 31.7 Å². The average molecular weight is 788 g/mol. The van der Waals surface area contributed by atoms with E-state index in [-0.39, 0.29) is 13.2 Å². The molecule has 1 aliphatic heterocycles. The molecule has 3 aromatic rings. The first kappa shape index (κ1) is 32.9. The Morgan fingerprint density at radius 1 is 1.18 bits per heavy atom. The maximum Gasteiger partial charge on any atom is 0.338 e. The second-order valence-corrected chi connectivity index (χ2v) is 11.7. The van der Waals surface area contributed by atoms with Gasteiger partial charge in [0, 0.05) is 11.3 Å². The Balaban J connectivity index is 1.37. The van der Waals surface area contributed by atoms with Crippen molar-refractivity contribution in [2.75, 3.05) is 13.2 Å². The number of thiocarbonyl (C=S) groups is 1. The van der Waals surface area contributed by atoms with Crippen LogP contribution in [0.5, 0.6) is 11.5 Å². The fourth-order valence-electron chi connectivity index (χ4n) is 4.23. The zero-order chi connectivity index (χ0) is 31.6. The van der Waals surface area contributed by atoms with Crippen LogP contribution in [0.4, 0.5) is 0 Å². The number of esters is 1. The van der Waals surface area contributed by atoms with Gasteiger partial charge in [0.05, 0.1) is 44.1 Å². The molecule has 0 spiro atoms. The van der Waals surface area contributed by atoms with Gasteiger partial charge in [-0.1, -0.05) is 30.3 Å². The molecule has 0 bridgehead atoms. The van der Waals surface area contributed by atoms with Crippen molar-refractivity contribution in [2.45, 2.75) is 26.5 Å². The average Bonchev–Trinajstić information content (AvgIpc) is 2.99. The van der Waals surface area contributed by atoms with Crippen LogP contribution in [-0.4, -0.2) is 36.4 Å². The van der Waals surface area contributed by atoms with Crippen molar-refractivity contribution in [3.63, 3.8) is 0 Å². The maximum atomic E-state index is 12.7. The number of para-hydroxylation sites is 1. The summed E-state index contributed by atoms with van der Waals surface area (Å²) in [7, 11) is 0. The zero-order valence-corrected chi connectivity index (χ0v) is 28.2. The van der Waals surface area contributed by atoms with E-state index in [2.05, 4.69) is 65.8 Å². The largest absolute Gasteiger partial charge is 0.487 e. The minimum absolute atomic E-state index is 0.222. The van der Waals surface area contributed by atoms with Crippen LogP contribution in [0.2, 0.25) is 0 Å². The van der Waals surface area contributed by atoms with Crippen LogP contribution < -0.4 is 25.5 Å². The number of nitrogens with zero attached hydrogens (tertiary/aromatic N) is 2. The van der Waals surface area contributed by atoms with E-state index in [1.807, 2.05) is 24.3 Å². The third kappa shape index (κ3) is 8.55. The molecule has 44 heavy (non-hydrogen) atoms. The van der Waals surface area contributed by atoms with Crippen LogP contribution in [-0.2, 0) is 20.9 Å². The highest BCUT2D eigenvalue weighted by Crippen LogP contribution is 2.34. The lowest BCUT2D eigenvalue weighted by Crippen LogP contribution is -2.45. The van der Waals surface area contributed by atoms with E-state index >= 15 is 0 Å². The van der Waals surface area contributed by atoms with Crippen LogP contribution in [0.1, 0.15) is 42.1 Å². The number of hydrogen-bond acceptors (Lipinski definition) is 8. The molecule has 226 valence electrons. The van der Waals surface area contributed by atoms with Gasteiger partial charge in [-0.3, -0.25) is 4.79 Å². The second-order valence-electron chi connectivity index (χ2n) is 9.32. The van der Waals surface area contributed by atoms with Crippen LogP contribution >= 0.6 is 50.7 Å². The SMILES string of the molecule is CCOC(=O)C1=C(C)NC(=S)N[C@H]1c1ccccc1OCC(=O)NN=Cc1cc(Br)c(OCc2ccc(C#N)cc2)c(I)c1. The number of halogens is 2. The molecule has 0 aromatic heterocycles. The van der Waals surface area contributed by atoms with Crippen LogP contribution in [0, 0.1) is 14.9 Å². The molecule has 0 fully saturated rings. The molecule has 1 aliphatic rings. The van der Waals surface area contributed by atoms with Crippen molar-refractivity contribution in [1.29, 1.82) is 5.26 Å². The van der Waals surface area contributed by atoms with Crippen molar-refractivity contribution < 1.29 is 23.8 Å². The quantitative estimate of drug-likeness (QED) is 0.0770. The van der Waals surface area contributed by atoms with Gasteiger partial charge in [0.2, 0.25) is 0 Å². The smallest absolute Gasteiger partial charge is 0.338 e. The first-order chi connectivity index (χ1) is 21.2. The number of nitrogens with one attached hydrogen (secondary N) is 3. The van der Waals surface area contributed by atoms with E-state index < -0.39 is 17.9 Å². The van der Waals surface area contributed by atoms with Gasteiger partial charge in [-0.25, -0.2) is 10.2 Å². The van der Waals surface area contributed by atoms with Crippen LogP contribution in [0.25, 0.3) is 0 Å². The topological polar surface area (TPSA) is 134 Å². The molecular weight excluding hydrogens is 761 g/mol. The van der Waals surface area contributed by atoms with E-state index in [0.29, 0.717) is 45.6 Å². The lowest BCUT2D eigenvalue weighted by atomic mass is 9.95. The number of rotatable bonds is 11. The number of nitriles is 1. The first-order valence-electron chi connectivity index (χ1n) is 13.3. The minimum Gasteiger partial charge on any atom is -0.487 e. The summed E-state index contributed by atoms with van der Waals surface area (Å²) in [6.07, 6.45) is 1.52. The molecule has 0 aliphatic carbocycles. The van der Waals surface area contributed by atoms with Crippen molar-refractivity contribution in [1.82, 2.24) is 16.1 Å². The molecule has 4 rings (SSSR count). The number of ether oxygens (including phenoxy) is 3. The van der Waals surface area contributed by atoms with Gasteiger partial charge in [0.15, 0.2) is 11.7 Å². The molecule has 1 heterocycles. The number of carbonyl (C=O) groups is 2. The Hall–Kier alpha value is -4.00. The van der Waals surface area contributed by atoms with Gasteiger partial charge in [-0.2, -0.15) is 10.4 Å². The van der Waals surface area contributed by atoms with E-state index in [9.17, 15) is 9.59 Å². The lowest BCUT2D eigenvalue weighted by molar-refractivity contribution is -0.139. The minimum atomic E-state index is -0.628. The summed E-state index contributed by atoms with van der Waals surface area (Å²) >= 11 is 11.0. The second kappa shape index (κ2) is 15.6. The fourth-order valence-corrected chi connectivity index (χ4v) is 6.27. The highest BCUT2D eigenvalue weighted by Gasteiger charge is 2.32. The molecule has 0 unspecified atom stereocenters. The summed E-state index contributed by atoms with van der Waals surface area (Å²) < 4.78 is 18.6. The Kier molecular flexibility index (Phi) is 11.7. The maximum absolute atomic E-state index is 12.7. The van der Waals surface area contributed by atoms with Crippen LogP contribution in [0.15, 0.2) is 81.5 Å². The third-order valence-corrected chi connectivity index (χ3v) is 7.85. The molecule has 1 amide bonds. The Morgan fingerprint density at radius 2 is 1.93 bits per heavy atom. The molecule has 13 heteroatoms. The molecule has 0 saturated carbocycles. The van der Waals surface area contributed by atoms with Gasteiger partial charge >= 0.3 is 5.97 Å². The monoisotopic (exact) mass is 787 g/mol. The van der Waals surface area contributed by atoms with Gasteiger partial charge in [-0.15, -0.1) is 0 Å². The van der Waals surface area contributed by atoms with Crippen molar-refractivity contribution >= 4 is 73.9 Å².